The van der Waals surface area contributed by atoms with E-state index in [1.54, 1.807) is 0 Å². The van der Waals surface area contributed by atoms with Crippen LogP contribution in [-0.2, 0) is 24.3 Å². The first-order valence-electron chi connectivity index (χ1n) is 12.8. The lowest BCUT2D eigenvalue weighted by atomic mass is 9.83. The summed E-state index contributed by atoms with van der Waals surface area (Å²) in [5.41, 5.74) is 9.73. The van der Waals surface area contributed by atoms with Gasteiger partial charge in [-0.3, -0.25) is 9.59 Å². The molecule has 7 heteroatoms. The number of rotatable bonds is 6. The quantitative estimate of drug-likeness (QED) is 0.397. The zero-order chi connectivity index (χ0) is 26.3. The topological polar surface area (TPSA) is 88.3 Å². The number of benzene rings is 3. The predicted octanol–water partition coefficient (Wildman–Crippen LogP) is 5.18. The minimum Gasteiger partial charge on any atom is -0.481 e. The van der Waals surface area contributed by atoms with E-state index in [4.69, 9.17) is 0 Å². The van der Waals surface area contributed by atoms with Crippen LogP contribution in [0.5, 0.6) is 0 Å². The first-order valence-corrected chi connectivity index (χ1v) is 12.8. The molecule has 0 radical (unpaired) electrons. The molecule has 0 fully saturated rings. The first-order chi connectivity index (χ1) is 17.7. The van der Waals surface area contributed by atoms with Gasteiger partial charge in [-0.2, -0.15) is 0 Å². The van der Waals surface area contributed by atoms with Crippen LogP contribution in [0.3, 0.4) is 0 Å². The summed E-state index contributed by atoms with van der Waals surface area (Å²) >= 11 is 0. The molecule has 5 rings (SSSR count). The van der Waals surface area contributed by atoms with Gasteiger partial charge in [-0.15, -0.1) is 5.10 Å². The fourth-order valence-electron chi connectivity index (χ4n) is 5.62. The Hall–Kier alpha value is -4.00. The molecule has 1 aliphatic rings. The molecule has 0 spiro atoms. The number of aromatic nitrogens is 3. The highest BCUT2D eigenvalue weighted by atomic mass is 16.4. The van der Waals surface area contributed by atoms with Crippen LogP contribution in [0.1, 0.15) is 68.6 Å². The maximum absolute atomic E-state index is 13.3. The molecular formula is C30H32N4O3. The van der Waals surface area contributed by atoms with Gasteiger partial charge in [0.2, 0.25) is 0 Å². The number of hydrogen-bond acceptors (Lipinski definition) is 4. The van der Waals surface area contributed by atoms with Gasteiger partial charge in [0.25, 0.3) is 5.91 Å². The van der Waals surface area contributed by atoms with Gasteiger partial charge in [0.1, 0.15) is 5.52 Å². The second kappa shape index (κ2) is 9.81. The summed E-state index contributed by atoms with van der Waals surface area (Å²) in [7, 11) is 0. The molecule has 1 aromatic heterocycles. The molecule has 37 heavy (non-hydrogen) atoms. The van der Waals surface area contributed by atoms with Gasteiger partial charge in [0.05, 0.1) is 11.9 Å². The van der Waals surface area contributed by atoms with Crippen LogP contribution in [0.4, 0.5) is 0 Å². The van der Waals surface area contributed by atoms with E-state index < -0.39 is 5.97 Å². The molecule has 1 amide bonds. The van der Waals surface area contributed by atoms with Crippen molar-refractivity contribution in [1.82, 2.24) is 19.9 Å². The van der Waals surface area contributed by atoms with Crippen molar-refractivity contribution in [1.29, 1.82) is 0 Å². The summed E-state index contributed by atoms with van der Waals surface area (Å²) in [6, 6.07) is 16.2. The normalized spacial score (nSPS) is 14.0. The van der Waals surface area contributed by atoms with E-state index in [-0.39, 0.29) is 18.2 Å². The molecule has 1 N–H and O–H groups in total. The van der Waals surface area contributed by atoms with Crippen molar-refractivity contribution in [2.75, 3.05) is 6.54 Å². The number of carbonyl (C=O) groups is 2. The molecule has 190 valence electrons. The Bertz CT molecular complexity index is 1500. The summed E-state index contributed by atoms with van der Waals surface area (Å²) < 4.78 is 1.85. The highest BCUT2D eigenvalue weighted by molar-refractivity contribution is 5.94. The maximum atomic E-state index is 13.3. The van der Waals surface area contributed by atoms with E-state index in [2.05, 4.69) is 28.5 Å². The largest absolute Gasteiger partial charge is 0.481 e. The van der Waals surface area contributed by atoms with Crippen LogP contribution >= 0.6 is 0 Å². The summed E-state index contributed by atoms with van der Waals surface area (Å²) in [6.07, 6.45) is 0.749. The van der Waals surface area contributed by atoms with Gasteiger partial charge in [-0.1, -0.05) is 46.7 Å². The lowest BCUT2D eigenvalue weighted by molar-refractivity contribution is -0.137. The fourth-order valence-corrected chi connectivity index (χ4v) is 5.62. The lowest BCUT2D eigenvalue weighted by Gasteiger charge is -2.30. The third-order valence-electron chi connectivity index (χ3n) is 7.44. The second-order valence-electron chi connectivity index (χ2n) is 10.1. The van der Waals surface area contributed by atoms with Gasteiger partial charge in [-0.25, -0.2) is 4.68 Å². The average Bonchev–Trinajstić information content (AvgIpc) is 3.30. The Kier molecular flexibility index (Phi) is 6.54. The van der Waals surface area contributed by atoms with Crippen molar-refractivity contribution >= 4 is 22.9 Å². The van der Waals surface area contributed by atoms with Crippen LogP contribution < -0.4 is 0 Å². The van der Waals surface area contributed by atoms with Crippen molar-refractivity contribution in [3.8, 4) is 0 Å². The molecule has 3 aromatic carbocycles. The molecular weight excluding hydrogens is 464 g/mol. The van der Waals surface area contributed by atoms with Crippen molar-refractivity contribution in [2.24, 2.45) is 0 Å². The molecule has 1 aliphatic heterocycles. The lowest BCUT2D eigenvalue weighted by Crippen LogP contribution is -2.36. The number of aryl methyl sites for hydroxylation is 4. The minimum atomic E-state index is -0.856. The number of nitrogens with zero attached hydrogens (tertiary/aromatic N) is 4. The Labute approximate surface area is 216 Å². The van der Waals surface area contributed by atoms with Gasteiger partial charge in [-0.05, 0) is 80.1 Å². The third kappa shape index (κ3) is 4.73. The van der Waals surface area contributed by atoms with E-state index >= 15 is 0 Å². The van der Waals surface area contributed by atoms with Crippen LogP contribution in [0.15, 0.2) is 48.5 Å². The number of aliphatic carboxylic acids is 1. The Morgan fingerprint density at radius 3 is 2.46 bits per heavy atom. The standard InChI is InChI=1S/C30H32N4O3/c1-5-34-27-9-8-25(20(4)29(27)31-32-34)26(16-28(35)36)22-7-6-21-10-11-33(17-24(21)15-22)30(37)23-13-18(2)12-19(3)14-23/h6-9,12-15,26H,5,10-11,16-17H2,1-4H3,(H,35,36)/t26-/m1/s1. The number of carbonyl (C=O) groups excluding carboxylic acids is 1. The highest BCUT2D eigenvalue weighted by Gasteiger charge is 2.26. The Morgan fingerprint density at radius 2 is 1.76 bits per heavy atom. The molecule has 2 heterocycles. The minimum absolute atomic E-state index is 0.0295. The molecule has 0 saturated carbocycles. The second-order valence-corrected chi connectivity index (χ2v) is 10.1. The van der Waals surface area contributed by atoms with Gasteiger partial charge < -0.3 is 10.0 Å². The van der Waals surface area contributed by atoms with Crippen LogP contribution in [0.2, 0.25) is 0 Å². The molecule has 0 aliphatic carbocycles. The maximum Gasteiger partial charge on any atom is 0.304 e. The van der Waals surface area contributed by atoms with Gasteiger partial charge >= 0.3 is 5.97 Å². The average molecular weight is 497 g/mol. The summed E-state index contributed by atoms with van der Waals surface area (Å²) in [6.45, 7) is 9.92. The van der Waals surface area contributed by atoms with Gasteiger partial charge in [0.15, 0.2) is 0 Å². The monoisotopic (exact) mass is 496 g/mol. The van der Waals surface area contributed by atoms with E-state index in [0.717, 1.165) is 57.4 Å². The van der Waals surface area contributed by atoms with Gasteiger partial charge in [0, 0.05) is 31.1 Å². The SMILES string of the molecule is CCn1nnc2c(C)c([C@H](CC(=O)O)c3ccc4c(c3)CN(C(=O)c3cc(C)cc(C)c3)CC4)ccc21. The third-order valence-corrected chi connectivity index (χ3v) is 7.44. The van der Waals surface area contributed by atoms with E-state index in [1.807, 2.05) is 67.6 Å². The molecule has 0 unspecified atom stereocenters. The number of fused-ring (bicyclic) bond motifs is 2. The first kappa shape index (κ1) is 24.7. The van der Waals surface area contributed by atoms with Crippen molar-refractivity contribution < 1.29 is 14.7 Å². The number of carboxylic acids is 1. The molecule has 4 aromatic rings. The van der Waals surface area contributed by atoms with Crippen LogP contribution in [0, 0.1) is 20.8 Å². The summed E-state index contributed by atoms with van der Waals surface area (Å²) in [4.78, 5) is 27.2. The zero-order valence-electron chi connectivity index (χ0n) is 21.8. The van der Waals surface area contributed by atoms with Crippen LogP contribution in [0.25, 0.3) is 11.0 Å². The van der Waals surface area contributed by atoms with Crippen molar-refractivity contribution in [3.63, 3.8) is 0 Å². The Balaban J connectivity index is 1.49. The van der Waals surface area contributed by atoms with E-state index in [1.165, 1.54) is 5.56 Å². The van der Waals surface area contributed by atoms with Crippen LogP contribution in [-0.4, -0.2) is 43.4 Å². The molecule has 0 bridgehead atoms. The molecule has 7 nitrogen and oxygen atoms in total. The zero-order valence-corrected chi connectivity index (χ0v) is 21.8. The van der Waals surface area contributed by atoms with Crippen molar-refractivity contribution in [3.05, 3.63) is 93.0 Å². The smallest absolute Gasteiger partial charge is 0.304 e. The number of amides is 1. The fraction of sp³-hybridized carbons (Fsp3) is 0.333. The van der Waals surface area contributed by atoms with E-state index in [9.17, 15) is 14.7 Å². The summed E-state index contributed by atoms with van der Waals surface area (Å²) in [5.74, 6) is -1.15. The van der Waals surface area contributed by atoms with Crippen molar-refractivity contribution in [2.45, 2.75) is 59.5 Å². The summed E-state index contributed by atoms with van der Waals surface area (Å²) in [5, 5.41) is 18.4. The predicted molar refractivity (Wildman–Crippen MR) is 143 cm³/mol. The number of hydrogen-bond donors (Lipinski definition) is 1. The highest BCUT2D eigenvalue weighted by Crippen LogP contribution is 2.35. The Morgan fingerprint density at radius 1 is 1.00 bits per heavy atom. The van der Waals surface area contributed by atoms with E-state index in [0.29, 0.717) is 18.7 Å². The molecule has 1 atom stereocenters. The molecule has 0 saturated heterocycles. The number of carboxylic acid groups (broad SMARTS) is 1.